The van der Waals surface area contributed by atoms with Crippen molar-refractivity contribution in [2.24, 2.45) is 28.6 Å². The predicted octanol–water partition coefficient (Wildman–Crippen LogP) is 4.21. The molecule has 2 N–H and O–H groups in total. The Hall–Kier alpha value is -2.08. The molecule has 1 aliphatic heterocycles. The fourth-order valence-electron chi connectivity index (χ4n) is 7.30. The van der Waals surface area contributed by atoms with E-state index in [4.69, 9.17) is 4.74 Å². The number of anilines is 2. The number of hydrogen-bond donors (Lipinski definition) is 2. The van der Waals surface area contributed by atoms with Gasteiger partial charge < -0.3 is 20.3 Å². The van der Waals surface area contributed by atoms with Gasteiger partial charge in [-0.2, -0.15) is 0 Å². The van der Waals surface area contributed by atoms with Crippen LogP contribution in [0.4, 0.5) is 11.4 Å². The number of rotatable bonds is 7. The van der Waals surface area contributed by atoms with E-state index in [1.807, 2.05) is 12.1 Å². The average molecular weight is 454 g/mol. The molecule has 0 aromatic heterocycles. The van der Waals surface area contributed by atoms with Gasteiger partial charge in [-0.05, 0) is 87.0 Å². The van der Waals surface area contributed by atoms with E-state index in [-0.39, 0.29) is 17.2 Å². The SMILES string of the molecule is CC(C)CCNC(=O)C12CC3CC(C1)CC(C(=O)Nc1ccc(N4CCOCC4)cc1)(C3)C2. The topological polar surface area (TPSA) is 70.7 Å². The first-order valence-corrected chi connectivity index (χ1v) is 12.9. The molecule has 6 heteroatoms. The Labute approximate surface area is 197 Å². The van der Waals surface area contributed by atoms with Crippen LogP contribution in [0, 0.1) is 28.6 Å². The number of amides is 2. The number of morpholine rings is 1. The number of carbonyl (C=O) groups is 2. The summed E-state index contributed by atoms with van der Waals surface area (Å²) in [6.07, 6.45) is 6.67. The summed E-state index contributed by atoms with van der Waals surface area (Å²) < 4.78 is 5.44. The summed E-state index contributed by atoms with van der Waals surface area (Å²) in [5.41, 5.74) is 1.27. The van der Waals surface area contributed by atoms with E-state index < -0.39 is 5.41 Å². The third-order valence-electron chi connectivity index (χ3n) is 8.53. The monoisotopic (exact) mass is 453 g/mol. The third kappa shape index (κ3) is 4.51. The van der Waals surface area contributed by atoms with E-state index in [0.29, 0.717) is 24.2 Å². The van der Waals surface area contributed by atoms with Crippen LogP contribution < -0.4 is 15.5 Å². The van der Waals surface area contributed by atoms with E-state index in [1.165, 1.54) is 12.1 Å². The summed E-state index contributed by atoms with van der Waals surface area (Å²) >= 11 is 0. The van der Waals surface area contributed by atoms with Gasteiger partial charge in [0, 0.05) is 31.0 Å². The van der Waals surface area contributed by atoms with Crippen molar-refractivity contribution in [3.8, 4) is 0 Å². The summed E-state index contributed by atoms with van der Waals surface area (Å²) in [6.45, 7) is 8.43. The molecule has 1 saturated heterocycles. The van der Waals surface area contributed by atoms with Crippen LogP contribution in [0.5, 0.6) is 0 Å². The Morgan fingerprint density at radius 2 is 1.61 bits per heavy atom. The summed E-state index contributed by atoms with van der Waals surface area (Å²) in [5, 5.41) is 6.46. The molecule has 6 rings (SSSR count). The Bertz CT molecular complexity index is 861. The number of ether oxygens (including phenoxy) is 1. The quantitative estimate of drug-likeness (QED) is 0.649. The lowest BCUT2D eigenvalue weighted by Gasteiger charge is -2.60. The van der Waals surface area contributed by atoms with E-state index in [0.717, 1.165) is 70.6 Å². The molecule has 4 bridgehead atoms. The molecule has 1 heterocycles. The van der Waals surface area contributed by atoms with Crippen molar-refractivity contribution in [1.29, 1.82) is 0 Å². The highest BCUT2D eigenvalue weighted by atomic mass is 16.5. The van der Waals surface area contributed by atoms with Gasteiger partial charge in [-0.15, -0.1) is 0 Å². The van der Waals surface area contributed by atoms with Crippen molar-refractivity contribution in [2.45, 2.75) is 58.8 Å². The summed E-state index contributed by atoms with van der Waals surface area (Å²) in [4.78, 5) is 29.3. The van der Waals surface area contributed by atoms with Gasteiger partial charge in [0.05, 0.1) is 24.0 Å². The average Bonchev–Trinajstić information content (AvgIpc) is 2.79. The Kier molecular flexibility index (Phi) is 6.15. The molecular weight excluding hydrogens is 414 g/mol. The minimum atomic E-state index is -0.400. The molecule has 4 saturated carbocycles. The smallest absolute Gasteiger partial charge is 0.230 e. The first-order chi connectivity index (χ1) is 15.9. The van der Waals surface area contributed by atoms with Crippen LogP contribution in [0.15, 0.2) is 24.3 Å². The lowest BCUT2D eigenvalue weighted by atomic mass is 9.43. The second-order valence-electron chi connectivity index (χ2n) is 11.6. The zero-order chi connectivity index (χ0) is 23.1. The van der Waals surface area contributed by atoms with Crippen molar-refractivity contribution in [2.75, 3.05) is 43.1 Å². The number of nitrogens with one attached hydrogen (secondary N) is 2. The molecule has 2 atom stereocenters. The van der Waals surface area contributed by atoms with Crippen LogP contribution in [0.2, 0.25) is 0 Å². The Morgan fingerprint density at radius 3 is 2.21 bits per heavy atom. The van der Waals surface area contributed by atoms with Crippen LogP contribution in [0.1, 0.15) is 58.8 Å². The highest BCUT2D eigenvalue weighted by molar-refractivity contribution is 5.97. The highest BCUT2D eigenvalue weighted by Crippen LogP contribution is 2.65. The van der Waals surface area contributed by atoms with Crippen LogP contribution in [0.3, 0.4) is 0 Å². The minimum absolute atomic E-state index is 0.120. The maximum absolute atomic E-state index is 13.7. The van der Waals surface area contributed by atoms with Crippen LogP contribution >= 0.6 is 0 Å². The van der Waals surface area contributed by atoms with Gasteiger partial charge in [0.15, 0.2) is 0 Å². The minimum Gasteiger partial charge on any atom is -0.378 e. The maximum atomic E-state index is 13.7. The van der Waals surface area contributed by atoms with E-state index >= 15 is 0 Å². The Morgan fingerprint density at radius 1 is 1.00 bits per heavy atom. The van der Waals surface area contributed by atoms with Gasteiger partial charge in [0.1, 0.15) is 0 Å². The Balaban J connectivity index is 1.27. The van der Waals surface area contributed by atoms with Gasteiger partial charge >= 0.3 is 0 Å². The fourth-order valence-corrected chi connectivity index (χ4v) is 7.30. The molecule has 180 valence electrons. The number of benzene rings is 1. The standard InChI is InChI=1S/C27H39N3O3/c1-19(2)7-8-28-24(31)26-14-20-13-21(15-26)17-27(16-20,18-26)25(32)29-22-3-5-23(6-4-22)30-9-11-33-12-10-30/h3-6,19-21H,7-18H2,1-2H3,(H,28,31)(H,29,32). The molecular formula is C27H39N3O3. The van der Waals surface area contributed by atoms with Gasteiger partial charge in [0.25, 0.3) is 0 Å². The zero-order valence-corrected chi connectivity index (χ0v) is 20.2. The summed E-state index contributed by atoms with van der Waals surface area (Å²) in [6, 6.07) is 8.20. The van der Waals surface area contributed by atoms with Crippen LogP contribution in [-0.4, -0.2) is 44.7 Å². The van der Waals surface area contributed by atoms with Crippen molar-refractivity contribution >= 4 is 23.2 Å². The van der Waals surface area contributed by atoms with E-state index in [9.17, 15) is 9.59 Å². The molecule has 4 aliphatic carbocycles. The van der Waals surface area contributed by atoms with Gasteiger partial charge in [-0.3, -0.25) is 9.59 Å². The van der Waals surface area contributed by atoms with E-state index in [1.54, 1.807) is 0 Å². The predicted molar refractivity (Wildman–Crippen MR) is 130 cm³/mol. The number of nitrogens with zero attached hydrogens (tertiary/aromatic N) is 1. The highest BCUT2D eigenvalue weighted by Gasteiger charge is 2.63. The molecule has 0 spiro atoms. The molecule has 0 radical (unpaired) electrons. The van der Waals surface area contributed by atoms with Gasteiger partial charge in [-0.1, -0.05) is 13.8 Å². The maximum Gasteiger partial charge on any atom is 0.230 e. The molecule has 5 fully saturated rings. The molecule has 1 aromatic carbocycles. The summed E-state index contributed by atoms with van der Waals surface area (Å²) in [7, 11) is 0. The first kappa shape index (κ1) is 22.7. The number of hydrogen-bond acceptors (Lipinski definition) is 4. The molecule has 2 unspecified atom stereocenters. The molecule has 1 aromatic rings. The first-order valence-electron chi connectivity index (χ1n) is 12.9. The lowest BCUT2D eigenvalue weighted by Crippen LogP contribution is -2.60. The molecule has 2 amide bonds. The van der Waals surface area contributed by atoms with Crippen molar-refractivity contribution in [3.05, 3.63) is 24.3 Å². The fraction of sp³-hybridized carbons (Fsp3) is 0.704. The van der Waals surface area contributed by atoms with Gasteiger partial charge in [-0.25, -0.2) is 0 Å². The lowest BCUT2D eigenvalue weighted by molar-refractivity contribution is -0.164. The molecule has 5 aliphatic rings. The third-order valence-corrected chi connectivity index (χ3v) is 8.53. The second kappa shape index (κ2) is 8.94. The van der Waals surface area contributed by atoms with Crippen LogP contribution in [-0.2, 0) is 14.3 Å². The largest absolute Gasteiger partial charge is 0.378 e. The number of carbonyl (C=O) groups excluding carboxylic acids is 2. The van der Waals surface area contributed by atoms with Crippen LogP contribution in [0.25, 0.3) is 0 Å². The molecule has 6 nitrogen and oxygen atoms in total. The van der Waals surface area contributed by atoms with Gasteiger partial charge in [0.2, 0.25) is 11.8 Å². The summed E-state index contributed by atoms with van der Waals surface area (Å²) in [5.74, 6) is 1.89. The molecule has 33 heavy (non-hydrogen) atoms. The van der Waals surface area contributed by atoms with Crippen molar-refractivity contribution < 1.29 is 14.3 Å². The van der Waals surface area contributed by atoms with Crippen molar-refractivity contribution in [1.82, 2.24) is 5.32 Å². The van der Waals surface area contributed by atoms with E-state index in [2.05, 4.69) is 41.5 Å². The second-order valence-corrected chi connectivity index (χ2v) is 11.6. The van der Waals surface area contributed by atoms with Crippen molar-refractivity contribution in [3.63, 3.8) is 0 Å². The normalized spacial score (nSPS) is 32.8. The zero-order valence-electron chi connectivity index (χ0n) is 20.2.